The van der Waals surface area contributed by atoms with Gasteiger partial charge in [-0.05, 0) is 24.5 Å². The molecule has 0 saturated heterocycles. The molecule has 0 spiro atoms. The molecular weight excluding hydrogens is 330 g/mol. The van der Waals surface area contributed by atoms with Gasteiger partial charge in [0.15, 0.2) is 17.2 Å². The second kappa shape index (κ2) is 7.11. The van der Waals surface area contributed by atoms with Gasteiger partial charge in [-0.1, -0.05) is 25.5 Å². The number of anilines is 1. The highest BCUT2D eigenvalue weighted by molar-refractivity contribution is 5.84. The quantitative estimate of drug-likeness (QED) is 0.687. The van der Waals surface area contributed by atoms with Crippen LogP contribution in [0.2, 0.25) is 0 Å². The lowest BCUT2D eigenvalue weighted by Gasteiger charge is -2.26. The number of hydrogen-bond acceptors (Lipinski definition) is 6. The van der Waals surface area contributed by atoms with Gasteiger partial charge in [-0.25, -0.2) is 15.0 Å². The summed E-state index contributed by atoms with van der Waals surface area (Å²) in [6.07, 6.45) is 6.89. The van der Waals surface area contributed by atoms with Crippen molar-refractivity contribution in [2.75, 3.05) is 11.6 Å². The van der Waals surface area contributed by atoms with Crippen molar-refractivity contribution < 1.29 is 9.63 Å². The smallest absolute Gasteiger partial charge is 0.192 e. The maximum Gasteiger partial charge on any atom is 0.192 e. The predicted octanol–water partition coefficient (Wildman–Crippen LogP) is 3.01. The average molecular weight is 351 g/mol. The molecule has 1 aliphatic carbocycles. The summed E-state index contributed by atoms with van der Waals surface area (Å²) in [6, 6.07) is 5.97. The Morgan fingerprint density at radius 1 is 1.23 bits per heavy atom. The van der Waals surface area contributed by atoms with E-state index in [1.54, 1.807) is 11.4 Å². The van der Waals surface area contributed by atoms with Crippen LogP contribution in [0.25, 0.3) is 11.2 Å². The van der Waals surface area contributed by atoms with Gasteiger partial charge >= 0.3 is 0 Å². The summed E-state index contributed by atoms with van der Waals surface area (Å²) in [4.78, 5) is 34.1. The topological polar surface area (TPSA) is 84.0 Å². The first-order valence-electron chi connectivity index (χ1n) is 8.98. The summed E-state index contributed by atoms with van der Waals surface area (Å²) >= 11 is 0. The van der Waals surface area contributed by atoms with Crippen LogP contribution in [-0.2, 0) is 17.6 Å². The number of hydroxylamine groups is 1. The van der Waals surface area contributed by atoms with Crippen LogP contribution in [0.5, 0.6) is 5.75 Å². The number of imidazole rings is 1. The van der Waals surface area contributed by atoms with Gasteiger partial charge in [-0.15, -0.1) is 0 Å². The van der Waals surface area contributed by atoms with E-state index in [1.165, 1.54) is 11.9 Å². The zero-order chi connectivity index (χ0) is 17.9. The number of ketones is 1. The first-order chi connectivity index (χ1) is 12.8. The summed E-state index contributed by atoms with van der Waals surface area (Å²) in [6.45, 7) is 2.81. The number of rotatable bonds is 6. The molecule has 2 aromatic heterocycles. The normalized spacial score (nSPS) is 13.7. The van der Waals surface area contributed by atoms with Crippen molar-refractivity contribution in [1.29, 1.82) is 0 Å². The number of fused-ring (bicyclic) bond motifs is 2. The van der Waals surface area contributed by atoms with E-state index in [4.69, 9.17) is 4.84 Å². The number of carbonyl (C=O) groups is 1. The minimum Gasteiger partial charge on any atom is -0.378 e. The molecule has 7 heteroatoms. The number of unbranched alkanes of at least 4 members (excludes halogenated alkanes) is 1. The molecule has 2 heterocycles. The van der Waals surface area contributed by atoms with E-state index in [0.717, 1.165) is 36.1 Å². The van der Waals surface area contributed by atoms with Gasteiger partial charge in [0.1, 0.15) is 17.6 Å². The van der Waals surface area contributed by atoms with Crippen molar-refractivity contribution in [3.8, 4) is 5.75 Å². The molecule has 0 saturated carbocycles. The molecule has 0 unspecified atom stereocenters. The number of hydrogen-bond donors (Lipinski definition) is 1. The Bertz CT molecular complexity index is 937. The summed E-state index contributed by atoms with van der Waals surface area (Å²) in [5.74, 6) is 1.63. The predicted molar refractivity (Wildman–Crippen MR) is 98.0 cm³/mol. The SMILES string of the molecule is CCCCN(Oc1cccc2c1CC(=O)CC2)c1ncnc2nc[nH]c12. The van der Waals surface area contributed by atoms with Gasteiger partial charge in [0, 0.05) is 18.4 Å². The molecule has 134 valence electrons. The Hall–Kier alpha value is -2.96. The molecule has 0 aliphatic heterocycles. The van der Waals surface area contributed by atoms with Gasteiger partial charge in [-0.3, -0.25) is 4.79 Å². The van der Waals surface area contributed by atoms with Gasteiger partial charge < -0.3 is 9.82 Å². The van der Waals surface area contributed by atoms with Crippen LogP contribution in [0.1, 0.15) is 37.3 Å². The molecule has 7 nitrogen and oxygen atoms in total. The summed E-state index contributed by atoms with van der Waals surface area (Å²) in [7, 11) is 0. The van der Waals surface area contributed by atoms with Crippen molar-refractivity contribution in [3.05, 3.63) is 42.0 Å². The molecule has 1 N–H and O–H groups in total. The highest BCUT2D eigenvalue weighted by Gasteiger charge is 2.22. The minimum atomic E-state index is 0.256. The highest BCUT2D eigenvalue weighted by Crippen LogP contribution is 2.30. The molecule has 0 atom stereocenters. The van der Waals surface area contributed by atoms with Crippen LogP contribution < -0.4 is 9.90 Å². The lowest BCUT2D eigenvalue weighted by atomic mass is 9.90. The lowest BCUT2D eigenvalue weighted by Crippen LogP contribution is -2.30. The molecule has 1 aromatic carbocycles. The third-order valence-corrected chi connectivity index (χ3v) is 4.64. The van der Waals surface area contributed by atoms with Gasteiger partial charge in [-0.2, -0.15) is 5.06 Å². The molecular formula is C19H21N5O2. The molecule has 3 aromatic rings. The molecule has 0 amide bonds. The van der Waals surface area contributed by atoms with E-state index < -0.39 is 0 Å². The van der Waals surface area contributed by atoms with Crippen LogP contribution in [0.15, 0.2) is 30.9 Å². The third kappa shape index (κ3) is 3.12. The monoisotopic (exact) mass is 351 g/mol. The second-order valence-electron chi connectivity index (χ2n) is 6.45. The minimum absolute atomic E-state index is 0.256. The molecule has 0 radical (unpaired) electrons. The number of aromatic nitrogens is 4. The number of nitrogens with one attached hydrogen (secondary N) is 1. The number of aromatic amines is 1. The number of H-pyrrole nitrogens is 1. The molecule has 4 rings (SSSR count). The Morgan fingerprint density at radius 2 is 2.15 bits per heavy atom. The standard InChI is InChI=1S/C19H21N5O2/c1-2-3-9-24(19-17-18(21-11-20-17)22-12-23-19)26-16-6-4-5-13-7-8-14(25)10-15(13)16/h4-6,11-12H,2-3,7-10H2,1H3,(H,20,21,22,23). The fourth-order valence-electron chi connectivity index (χ4n) is 3.25. The van der Waals surface area contributed by atoms with Crippen LogP contribution in [0.3, 0.4) is 0 Å². The van der Waals surface area contributed by atoms with E-state index in [0.29, 0.717) is 30.9 Å². The summed E-state index contributed by atoms with van der Waals surface area (Å²) in [5.41, 5.74) is 3.52. The highest BCUT2D eigenvalue weighted by atomic mass is 16.7. The van der Waals surface area contributed by atoms with Crippen molar-refractivity contribution in [2.45, 2.75) is 39.0 Å². The van der Waals surface area contributed by atoms with E-state index in [1.807, 2.05) is 12.1 Å². The largest absolute Gasteiger partial charge is 0.378 e. The maximum atomic E-state index is 11.9. The van der Waals surface area contributed by atoms with E-state index in [9.17, 15) is 4.79 Å². The fourth-order valence-corrected chi connectivity index (χ4v) is 3.25. The molecule has 0 fully saturated rings. The zero-order valence-corrected chi connectivity index (χ0v) is 14.7. The Labute approximate surface area is 151 Å². The van der Waals surface area contributed by atoms with Crippen LogP contribution in [-0.4, -0.2) is 32.3 Å². The number of carbonyl (C=O) groups excluding carboxylic acids is 1. The third-order valence-electron chi connectivity index (χ3n) is 4.64. The van der Waals surface area contributed by atoms with Gasteiger partial charge in [0.2, 0.25) is 0 Å². The zero-order valence-electron chi connectivity index (χ0n) is 14.7. The van der Waals surface area contributed by atoms with Crippen molar-refractivity contribution >= 4 is 22.8 Å². The van der Waals surface area contributed by atoms with E-state index in [-0.39, 0.29) is 5.78 Å². The molecule has 1 aliphatic rings. The Balaban J connectivity index is 1.71. The summed E-state index contributed by atoms with van der Waals surface area (Å²) in [5, 5.41) is 1.78. The van der Waals surface area contributed by atoms with Crippen LogP contribution in [0, 0.1) is 0 Å². The first-order valence-corrected chi connectivity index (χ1v) is 8.98. The maximum absolute atomic E-state index is 11.9. The number of aryl methyl sites for hydroxylation is 1. The Morgan fingerprint density at radius 3 is 3.04 bits per heavy atom. The Kier molecular flexibility index (Phi) is 4.51. The van der Waals surface area contributed by atoms with Crippen molar-refractivity contribution in [1.82, 2.24) is 19.9 Å². The number of nitrogens with zero attached hydrogens (tertiary/aromatic N) is 4. The molecule has 26 heavy (non-hydrogen) atoms. The van der Waals surface area contributed by atoms with E-state index in [2.05, 4.69) is 32.9 Å². The number of Topliss-reactive ketones (excluding diaryl/α,β-unsaturated/α-hetero) is 1. The van der Waals surface area contributed by atoms with Crippen molar-refractivity contribution in [2.24, 2.45) is 0 Å². The second-order valence-corrected chi connectivity index (χ2v) is 6.45. The fraction of sp³-hybridized carbons (Fsp3) is 0.368. The number of benzene rings is 1. The summed E-state index contributed by atoms with van der Waals surface area (Å²) < 4.78 is 0. The van der Waals surface area contributed by atoms with E-state index >= 15 is 0 Å². The lowest BCUT2D eigenvalue weighted by molar-refractivity contribution is -0.118. The van der Waals surface area contributed by atoms with Crippen molar-refractivity contribution in [3.63, 3.8) is 0 Å². The van der Waals surface area contributed by atoms with Crippen LogP contribution >= 0.6 is 0 Å². The van der Waals surface area contributed by atoms with Crippen LogP contribution in [0.4, 0.5) is 5.82 Å². The van der Waals surface area contributed by atoms with Gasteiger partial charge in [0.05, 0.1) is 12.9 Å². The first kappa shape index (κ1) is 16.5. The molecule has 0 bridgehead atoms. The average Bonchev–Trinajstić information content (AvgIpc) is 3.14. The van der Waals surface area contributed by atoms with Gasteiger partial charge in [0.25, 0.3) is 0 Å².